The van der Waals surface area contributed by atoms with Crippen molar-refractivity contribution in [1.29, 1.82) is 0 Å². The molecule has 1 heterocycles. The number of aromatic nitrogens is 3. The van der Waals surface area contributed by atoms with E-state index in [9.17, 15) is 8.42 Å². The van der Waals surface area contributed by atoms with Crippen LogP contribution < -0.4 is 4.72 Å². The molecule has 0 amide bonds. The maximum absolute atomic E-state index is 12.3. The molecule has 0 aliphatic rings. The van der Waals surface area contributed by atoms with Crippen LogP contribution in [0.4, 0.5) is 0 Å². The Balaban J connectivity index is 2.07. The molecule has 21 heavy (non-hydrogen) atoms. The second-order valence-corrected chi connectivity index (χ2v) is 6.48. The lowest BCUT2D eigenvalue weighted by Gasteiger charge is -2.10. The Hall–Kier alpha value is -1.77. The van der Waals surface area contributed by atoms with E-state index in [4.69, 9.17) is 5.11 Å². The monoisotopic (exact) mass is 310 g/mol. The van der Waals surface area contributed by atoms with E-state index in [1.807, 2.05) is 0 Å². The summed E-state index contributed by atoms with van der Waals surface area (Å²) in [6.45, 7) is 1.74. The fourth-order valence-corrected chi connectivity index (χ4v) is 3.23. The van der Waals surface area contributed by atoms with Gasteiger partial charge in [0.1, 0.15) is 6.33 Å². The van der Waals surface area contributed by atoms with Crippen molar-refractivity contribution in [2.24, 2.45) is 7.05 Å². The van der Waals surface area contributed by atoms with Crippen molar-refractivity contribution in [3.05, 3.63) is 41.5 Å². The van der Waals surface area contributed by atoms with Gasteiger partial charge in [0, 0.05) is 20.0 Å². The summed E-state index contributed by atoms with van der Waals surface area (Å²) in [5.41, 5.74) is 1.20. The molecule has 7 nitrogen and oxygen atoms in total. The Morgan fingerprint density at radius 1 is 1.38 bits per heavy atom. The SMILES string of the molecule is Cc1ccc(CO)cc1S(=O)(=O)NCCc1ncn(C)n1. The molecular weight excluding hydrogens is 292 g/mol. The third-order valence-corrected chi connectivity index (χ3v) is 4.62. The van der Waals surface area contributed by atoms with Gasteiger partial charge in [-0.15, -0.1) is 0 Å². The van der Waals surface area contributed by atoms with Gasteiger partial charge in [0.25, 0.3) is 0 Å². The number of aryl methyl sites for hydroxylation is 2. The number of rotatable bonds is 6. The molecule has 0 saturated heterocycles. The largest absolute Gasteiger partial charge is 0.392 e. The molecular formula is C13H18N4O3S. The van der Waals surface area contributed by atoms with Crippen LogP contribution in [0.2, 0.25) is 0 Å². The zero-order chi connectivity index (χ0) is 15.5. The normalized spacial score (nSPS) is 11.8. The van der Waals surface area contributed by atoms with Crippen molar-refractivity contribution in [2.45, 2.75) is 24.8 Å². The van der Waals surface area contributed by atoms with Crippen LogP contribution in [-0.4, -0.2) is 34.8 Å². The number of hydrogen-bond acceptors (Lipinski definition) is 5. The van der Waals surface area contributed by atoms with Gasteiger partial charge in [-0.05, 0) is 24.1 Å². The van der Waals surface area contributed by atoms with E-state index < -0.39 is 10.0 Å². The highest BCUT2D eigenvalue weighted by Crippen LogP contribution is 2.17. The number of aliphatic hydroxyl groups is 1. The van der Waals surface area contributed by atoms with Crippen molar-refractivity contribution in [2.75, 3.05) is 6.54 Å². The van der Waals surface area contributed by atoms with Gasteiger partial charge in [0.05, 0.1) is 11.5 Å². The van der Waals surface area contributed by atoms with E-state index in [0.29, 0.717) is 23.4 Å². The molecule has 0 saturated carbocycles. The molecule has 2 N–H and O–H groups in total. The molecule has 114 valence electrons. The number of sulfonamides is 1. The van der Waals surface area contributed by atoms with Crippen molar-refractivity contribution in [3.8, 4) is 0 Å². The van der Waals surface area contributed by atoms with E-state index in [-0.39, 0.29) is 18.0 Å². The van der Waals surface area contributed by atoms with E-state index in [0.717, 1.165) is 0 Å². The van der Waals surface area contributed by atoms with Gasteiger partial charge >= 0.3 is 0 Å². The number of benzene rings is 1. The summed E-state index contributed by atoms with van der Waals surface area (Å²) in [7, 11) is -1.86. The van der Waals surface area contributed by atoms with Crippen LogP contribution in [0.15, 0.2) is 29.4 Å². The Bertz CT molecular complexity index is 725. The van der Waals surface area contributed by atoms with Gasteiger partial charge in [-0.25, -0.2) is 18.1 Å². The summed E-state index contributed by atoms with van der Waals surface area (Å²) in [4.78, 5) is 4.22. The van der Waals surface area contributed by atoms with Crippen LogP contribution in [0.5, 0.6) is 0 Å². The second-order valence-electron chi connectivity index (χ2n) is 4.74. The fourth-order valence-electron chi connectivity index (χ4n) is 1.91. The second kappa shape index (κ2) is 6.33. The van der Waals surface area contributed by atoms with Gasteiger partial charge in [-0.1, -0.05) is 12.1 Å². The highest BCUT2D eigenvalue weighted by atomic mass is 32.2. The number of nitrogens with zero attached hydrogens (tertiary/aromatic N) is 3. The third-order valence-electron chi connectivity index (χ3n) is 3.01. The summed E-state index contributed by atoms with van der Waals surface area (Å²) < 4.78 is 28.7. The van der Waals surface area contributed by atoms with Crippen LogP contribution in [0.1, 0.15) is 17.0 Å². The molecule has 2 aromatic rings. The predicted molar refractivity (Wildman–Crippen MR) is 77.0 cm³/mol. The molecule has 1 aromatic carbocycles. The predicted octanol–water partition coefficient (Wildman–Crippen LogP) is 0.137. The minimum atomic E-state index is -3.61. The maximum Gasteiger partial charge on any atom is 0.240 e. The average molecular weight is 310 g/mol. The van der Waals surface area contributed by atoms with E-state index in [1.165, 1.54) is 6.07 Å². The molecule has 0 bridgehead atoms. The van der Waals surface area contributed by atoms with E-state index in [1.54, 1.807) is 37.1 Å². The van der Waals surface area contributed by atoms with Crippen LogP contribution >= 0.6 is 0 Å². The first-order chi connectivity index (χ1) is 9.92. The topological polar surface area (TPSA) is 97.1 Å². The van der Waals surface area contributed by atoms with E-state index in [2.05, 4.69) is 14.8 Å². The minimum absolute atomic E-state index is 0.183. The summed E-state index contributed by atoms with van der Waals surface area (Å²) >= 11 is 0. The molecule has 0 aliphatic carbocycles. The van der Waals surface area contributed by atoms with Gasteiger partial charge in [0.15, 0.2) is 5.82 Å². The fraction of sp³-hybridized carbons (Fsp3) is 0.385. The quantitative estimate of drug-likeness (QED) is 0.791. The molecule has 0 aliphatic heterocycles. The van der Waals surface area contributed by atoms with Gasteiger partial charge in [-0.3, -0.25) is 4.68 Å². The number of hydrogen-bond donors (Lipinski definition) is 2. The van der Waals surface area contributed by atoms with Gasteiger partial charge in [-0.2, -0.15) is 5.10 Å². The van der Waals surface area contributed by atoms with Crippen molar-refractivity contribution >= 4 is 10.0 Å². The molecule has 0 unspecified atom stereocenters. The zero-order valence-corrected chi connectivity index (χ0v) is 12.8. The third kappa shape index (κ3) is 3.87. The average Bonchev–Trinajstić information content (AvgIpc) is 2.84. The number of nitrogens with one attached hydrogen (secondary N) is 1. The van der Waals surface area contributed by atoms with Crippen LogP contribution in [0.25, 0.3) is 0 Å². The first-order valence-corrected chi connectivity index (χ1v) is 7.95. The highest BCUT2D eigenvalue weighted by molar-refractivity contribution is 7.89. The summed E-state index contributed by atoms with van der Waals surface area (Å²) in [5.74, 6) is 0.584. The number of aliphatic hydroxyl groups excluding tert-OH is 1. The van der Waals surface area contributed by atoms with Crippen molar-refractivity contribution < 1.29 is 13.5 Å². The Labute approximate surface area is 123 Å². The van der Waals surface area contributed by atoms with Crippen LogP contribution in [-0.2, 0) is 30.1 Å². The van der Waals surface area contributed by atoms with Crippen LogP contribution in [0, 0.1) is 6.92 Å². The standard InChI is InChI=1S/C13H18N4O3S/c1-10-3-4-11(8-18)7-12(10)21(19,20)15-6-5-13-14-9-17(2)16-13/h3-4,7,9,15,18H,5-6,8H2,1-2H3. The molecule has 0 spiro atoms. The van der Waals surface area contributed by atoms with Gasteiger partial charge in [0.2, 0.25) is 10.0 Å². The molecule has 0 atom stereocenters. The van der Waals surface area contributed by atoms with Crippen molar-refractivity contribution in [1.82, 2.24) is 19.5 Å². The zero-order valence-electron chi connectivity index (χ0n) is 11.9. The summed E-state index contributed by atoms with van der Waals surface area (Å²) in [6.07, 6.45) is 1.98. The molecule has 8 heteroatoms. The first-order valence-electron chi connectivity index (χ1n) is 6.47. The molecule has 0 fully saturated rings. The summed E-state index contributed by atoms with van der Waals surface area (Å²) in [5, 5.41) is 13.2. The molecule has 0 radical (unpaired) electrons. The van der Waals surface area contributed by atoms with Crippen LogP contribution in [0.3, 0.4) is 0 Å². The minimum Gasteiger partial charge on any atom is -0.392 e. The highest BCUT2D eigenvalue weighted by Gasteiger charge is 2.17. The van der Waals surface area contributed by atoms with E-state index >= 15 is 0 Å². The summed E-state index contributed by atoms with van der Waals surface area (Å²) in [6, 6.07) is 4.86. The smallest absolute Gasteiger partial charge is 0.240 e. The maximum atomic E-state index is 12.3. The molecule has 2 rings (SSSR count). The lowest BCUT2D eigenvalue weighted by atomic mass is 10.2. The van der Waals surface area contributed by atoms with Gasteiger partial charge < -0.3 is 5.11 Å². The Morgan fingerprint density at radius 3 is 2.76 bits per heavy atom. The lowest BCUT2D eigenvalue weighted by Crippen LogP contribution is -2.27. The first kappa shape index (κ1) is 15.6. The molecule has 1 aromatic heterocycles. The Kier molecular flexibility index (Phi) is 4.71. The Morgan fingerprint density at radius 2 is 2.14 bits per heavy atom. The lowest BCUT2D eigenvalue weighted by molar-refractivity contribution is 0.281. The van der Waals surface area contributed by atoms with Crippen molar-refractivity contribution in [3.63, 3.8) is 0 Å².